The third kappa shape index (κ3) is 1.87. The smallest absolute Gasteiger partial charge is 0.0409 e. The van der Waals surface area contributed by atoms with Crippen molar-refractivity contribution in [2.45, 2.75) is 19.1 Å². The number of rotatable bonds is 0. The minimum Gasteiger partial charge on any atom is -0.316 e. The van der Waals surface area contributed by atoms with Crippen LogP contribution in [0.1, 0.15) is 32.1 Å². The fourth-order valence-electron chi connectivity index (χ4n) is 1.36. The fraction of sp³-hybridized carbons (Fsp3) is 0.455. The van der Waals surface area contributed by atoms with Crippen molar-refractivity contribution < 1.29 is 8.22 Å². The minimum absolute atomic E-state index is 0.0294. The van der Waals surface area contributed by atoms with Crippen molar-refractivity contribution in [2.24, 2.45) is 0 Å². The third-order valence-corrected chi connectivity index (χ3v) is 2.25. The zero-order chi connectivity index (χ0) is 14.5. The number of fused-ring (bicyclic) bond motifs is 1. The van der Waals surface area contributed by atoms with Crippen LogP contribution in [0.5, 0.6) is 0 Å². The summed E-state index contributed by atoms with van der Waals surface area (Å²) in [7, 11) is 0. The van der Waals surface area contributed by atoms with E-state index in [2.05, 4.69) is 5.32 Å². The molecule has 1 aliphatic rings. The standard InChI is InChI=1S/C11H14ClN/c1-8-7-13-5-4-9-2-3-10(12)6-11(8)9/h2-3,6,8,13H,4-5,7H2,1H3/t8-/m0/s1/i1D3,4D2,8D. The Bertz CT molecular complexity index is 500. The van der Waals surface area contributed by atoms with Gasteiger partial charge in [0, 0.05) is 19.8 Å². The van der Waals surface area contributed by atoms with Crippen LogP contribution in [0.15, 0.2) is 18.2 Å². The van der Waals surface area contributed by atoms with Gasteiger partial charge in [0.15, 0.2) is 0 Å². The first-order valence-electron chi connectivity index (χ1n) is 7.09. The van der Waals surface area contributed by atoms with Gasteiger partial charge in [-0.3, -0.25) is 0 Å². The van der Waals surface area contributed by atoms with E-state index >= 15 is 0 Å². The van der Waals surface area contributed by atoms with Crippen LogP contribution in [0.4, 0.5) is 0 Å². The van der Waals surface area contributed by atoms with Gasteiger partial charge in [0.05, 0.1) is 0 Å². The van der Waals surface area contributed by atoms with Gasteiger partial charge in [0.25, 0.3) is 0 Å². The predicted molar refractivity (Wildman–Crippen MR) is 56.4 cm³/mol. The first-order chi connectivity index (χ1) is 8.58. The highest BCUT2D eigenvalue weighted by atomic mass is 35.5. The maximum atomic E-state index is 8.32. The van der Waals surface area contributed by atoms with Gasteiger partial charge in [-0.2, -0.15) is 0 Å². The van der Waals surface area contributed by atoms with Crippen LogP contribution < -0.4 is 5.32 Å². The molecule has 0 saturated heterocycles. The normalized spacial score (nSPS) is 39.5. The van der Waals surface area contributed by atoms with E-state index in [4.69, 9.17) is 19.8 Å². The molecule has 0 fully saturated rings. The van der Waals surface area contributed by atoms with Crippen molar-refractivity contribution >= 4 is 11.6 Å². The molecule has 1 atom stereocenters. The lowest BCUT2D eigenvalue weighted by atomic mass is 9.96. The Balaban J connectivity index is 2.72. The average molecular weight is 202 g/mol. The molecule has 0 bridgehead atoms. The molecule has 0 spiro atoms. The number of benzene rings is 1. The topological polar surface area (TPSA) is 12.0 Å². The lowest BCUT2D eigenvalue weighted by molar-refractivity contribution is 0.644. The van der Waals surface area contributed by atoms with Crippen LogP contribution in [0, 0.1) is 0 Å². The number of hydrogen-bond acceptors (Lipinski definition) is 1. The first kappa shape index (κ1) is 4.33. The molecule has 1 heterocycles. The van der Waals surface area contributed by atoms with Gasteiger partial charge >= 0.3 is 0 Å². The molecule has 1 aliphatic heterocycles. The Morgan fingerprint density at radius 1 is 1.77 bits per heavy atom. The lowest BCUT2D eigenvalue weighted by Gasteiger charge is -2.11. The highest BCUT2D eigenvalue weighted by molar-refractivity contribution is 6.30. The highest BCUT2D eigenvalue weighted by Gasteiger charge is 2.13. The molecule has 0 saturated carbocycles. The molecule has 0 aliphatic carbocycles. The molecule has 2 heteroatoms. The molecule has 1 nitrogen and oxygen atoms in total. The van der Waals surface area contributed by atoms with E-state index in [9.17, 15) is 0 Å². The molecular weight excluding hydrogens is 182 g/mol. The van der Waals surface area contributed by atoms with Crippen molar-refractivity contribution in [1.82, 2.24) is 5.32 Å². The first-order valence-corrected chi connectivity index (χ1v) is 4.47. The number of halogens is 1. The molecule has 0 amide bonds. The lowest BCUT2D eigenvalue weighted by Crippen LogP contribution is -2.18. The van der Waals surface area contributed by atoms with Crippen LogP contribution in [-0.2, 0) is 6.37 Å². The van der Waals surface area contributed by atoms with E-state index in [1.54, 1.807) is 0 Å². The Morgan fingerprint density at radius 3 is 3.54 bits per heavy atom. The van der Waals surface area contributed by atoms with Gasteiger partial charge in [-0.25, -0.2) is 0 Å². The number of hydrogen-bond donors (Lipinski definition) is 1. The molecule has 70 valence electrons. The minimum atomic E-state index is -2.57. The molecule has 2 rings (SSSR count). The molecular formula is C11H14ClN. The van der Waals surface area contributed by atoms with Crippen LogP contribution in [-0.4, -0.2) is 13.1 Å². The Kier molecular flexibility index (Phi) is 1.23. The maximum Gasteiger partial charge on any atom is 0.0409 e. The molecule has 0 aromatic heterocycles. The summed E-state index contributed by atoms with van der Waals surface area (Å²) in [4.78, 5) is 0. The SMILES string of the molecule is [2H]C1([2H])CNC[C@]([2H])(C([2H])([2H])[2H])c2cc(Cl)ccc21. The highest BCUT2D eigenvalue weighted by Crippen LogP contribution is 2.25. The predicted octanol–water partition coefficient (Wildman–Crippen LogP) is 2.59. The summed E-state index contributed by atoms with van der Waals surface area (Å²) in [6, 6.07) is 4.38. The monoisotopic (exact) mass is 201 g/mol. The molecule has 1 aromatic rings. The van der Waals surface area contributed by atoms with E-state index in [0.29, 0.717) is 5.02 Å². The van der Waals surface area contributed by atoms with Crippen molar-refractivity contribution in [2.75, 3.05) is 13.1 Å². The fourth-order valence-corrected chi connectivity index (χ4v) is 1.53. The largest absolute Gasteiger partial charge is 0.316 e. The second-order valence-corrected chi connectivity index (χ2v) is 3.39. The molecule has 0 unspecified atom stereocenters. The maximum absolute atomic E-state index is 8.32. The summed E-state index contributed by atoms with van der Waals surface area (Å²) in [6.07, 6.45) is -1.73. The second kappa shape index (κ2) is 3.69. The van der Waals surface area contributed by atoms with Crippen molar-refractivity contribution in [3.63, 3.8) is 0 Å². The van der Waals surface area contributed by atoms with Crippen molar-refractivity contribution in [3.8, 4) is 0 Å². The quantitative estimate of drug-likeness (QED) is 0.681. The molecule has 1 N–H and O–H groups in total. The summed E-state index contributed by atoms with van der Waals surface area (Å²) in [6.45, 7) is -2.74. The van der Waals surface area contributed by atoms with Gasteiger partial charge in [0.2, 0.25) is 0 Å². The van der Waals surface area contributed by atoms with Gasteiger partial charge in [-0.1, -0.05) is 24.5 Å². The summed E-state index contributed by atoms with van der Waals surface area (Å²) in [5.74, 6) is -1.91. The van der Waals surface area contributed by atoms with E-state index in [-0.39, 0.29) is 24.2 Å². The molecule has 13 heavy (non-hydrogen) atoms. The van der Waals surface area contributed by atoms with E-state index in [0.717, 1.165) is 0 Å². The summed E-state index contributed by atoms with van der Waals surface area (Å²) >= 11 is 5.89. The van der Waals surface area contributed by atoms with Crippen LogP contribution in [0.2, 0.25) is 5.02 Å². The van der Waals surface area contributed by atoms with Crippen LogP contribution in [0.25, 0.3) is 0 Å². The van der Waals surface area contributed by atoms with Crippen LogP contribution in [0.3, 0.4) is 0 Å². The van der Waals surface area contributed by atoms with Crippen LogP contribution >= 0.6 is 11.6 Å². The summed E-state index contributed by atoms with van der Waals surface area (Å²) < 4.78 is 47.1. The summed E-state index contributed by atoms with van der Waals surface area (Å²) in [5, 5.41) is 3.04. The average Bonchev–Trinajstić information content (AvgIpc) is 2.35. The Labute approximate surface area is 92.5 Å². The zero-order valence-electron chi connectivity index (χ0n) is 13.0. The van der Waals surface area contributed by atoms with Gasteiger partial charge in [0.1, 0.15) is 0 Å². The Morgan fingerprint density at radius 2 is 2.69 bits per heavy atom. The second-order valence-electron chi connectivity index (χ2n) is 2.95. The van der Waals surface area contributed by atoms with Gasteiger partial charge in [-0.15, -0.1) is 0 Å². The Hall–Kier alpha value is -0.530. The van der Waals surface area contributed by atoms with Gasteiger partial charge in [-0.05, 0) is 42.1 Å². The van der Waals surface area contributed by atoms with Gasteiger partial charge < -0.3 is 5.32 Å². The molecule has 1 aromatic carbocycles. The van der Waals surface area contributed by atoms with E-state index in [1.807, 2.05) is 0 Å². The summed E-state index contributed by atoms with van der Waals surface area (Å²) in [5.41, 5.74) is 0.350. The van der Waals surface area contributed by atoms with E-state index < -0.39 is 19.1 Å². The van der Waals surface area contributed by atoms with Crippen molar-refractivity contribution in [3.05, 3.63) is 34.3 Å². The number of nitrogens with one attached hydrogen (secondary N) is 1. The zero-order valence-corrected chi connectivity index (χ0v) is 7.78. The van der Waals surface area contributed by atoms with Crippen molar-refractivity contribution in [1.29, 1.82) is 0 Å². The third-order valence-electron chi connectivity index (χ3n) is 2.01. The van der Waals surface area contributed by atoms with E-state index in [1.165, 1.54) is 18.2 Å². The molecule has 0 radical (unpaired) electrons.